The lowest BCUT2D eigenvalue weighted by Gasteiger charge is -2.34. The summed E-state index contributed by atoms with van der Waals surface area (Å²) in [5, 5.41) is 5.66. The molecule has 8 nitrogen and oxygen atoms in total. The third-order valence-corrected chi connectivity index (χ3v) is 5.48. The highest BCUT2D eigenvalue weighted by molar-refractivity contribution is 7.11. The normalized spacial score (nSPS) is 16.0. The van der Waals surface area contributed by atoms with Crippen molar-refractivity contribution in [2.75, 3.05) is 13.1 Å². The number of nitrogens with one attached hydrogen (secondary N) is 2. The number of aromatic nitrogens is 1. The SMILES string of the molecule is Cc1ncsc1C(=O)NC1CCN(C(=O)C(C)NC(=O)c2ccco2)CC1. The van der Waals surface area contributed by atoms with Crippen molar-refractivity contribution >= 4 is 29.1 Å². The summed E-state index contributed by atoms with van der Waals surface area (Å²) < 4.78 is 5.03. The van der Waals surface area contributed by atoms with E-state index in [4.69, 9.17) is 4.42 Å². The second-order valence-electron chi connectivity index (χ2n) is 6.51. The minimum Gasteiger partial charge on any atom is -0.459 e. The zero-order valence-electron chi connectivity index (χ0n) is 15.2. The zero-order chi connectivity index (χ0) is 19.4. The number of piperidine rings is 1. The quantitative estimate of drug-likeness (QED) is 0.807. The predicted octanol–water partition coefficient (Wildman–Crippen LogP) is 1.58. The molecule has 144 valence electrons. The van der Waals surface area contributed by atoms with Crippen molar-refractivity contribution < 1.29 is 18.8 Å². The van der Waals surface area contributed by atoms with E-state index >= 15 is 0 Å². The minimum absolute atomic E-state index is 0.0241. The van der Waals surface area contributed by atoms with E-state index < -0.39 is 11.9 Å². The highest BCUT2D eigenvalue weighted by atomic mass is 32.1. The lowest BCUT2D eigenvalue weighted by atomic mass is 10.0. The molecule has 9 heteroatoms. The number of likely N-dealkylation sites (tertiary alicyclic amines) is 1. The van der Waals surface area contributed by atoms with Crippen molar-refractivity contribution in [2.45, 2.75) is 38.8 Å². The third-order valence-electron chi connectivity index (χ3n) is 4.56. The Bertz CT molecular complexity index is 809. The number of rotatable bonds is 5. The van der Waals surface area contributed by atoms with Crippen LogP contribution in [0.2, 0.25) is 0 Å². The van der Waals surface area contributed by atoms with E-state index in [1.54, 1.807) is 29.5 Å². The molecule has 0 spiro atoms. The molecule has 0 aromatic carbocycles. The molecule has 1 fully saturated rings. The number of nitrogens with zero attached hydrogens (tertiary/aromatic N) is 2. The lowest BCUT2D eigenvalue weighted by Crippen LogP contribution is -2.52. The fourth-order valence-corrected chi connectivity index (χ4v) is 3.73. The van der Waals surface area contributed by atoms with Gasteiger partial charge in [-0.25, -0.2) is 4.98 Å². The van der Waals surface area contributed by atoms with Crippen molar-refractivity contribution in [3.8, 4) is 0 Å². The first-order valence-corrected chi connectivity index (χ1v) is 9.67. The first-order valence-electron chi connectivity index (χ1n) is 8.80. The molecule has 2 aromatic heterocycles. The Morgan fingerprint density at radius 2 is 2.04 bits per heavy atom. The lowest BCUT2D eigenvalue weighted by molar-refractivity contribution is -0.133. The van der Waals surface area contributed by atoms with Crippen LogP contribution in [0.3, 0.4) is 0 Å². The Morgan fingerprint density at radius 3 is 2.63 bits per heavy atom. The molecule has 1 saturated heterocycles. The summed E-state index contributed by atoms with van der Waals surface area (Å²) in [5.74, 6) is -0.491. The fraction of sp³-hybridized carbons (Fsp3) is 0.444. The van der Waals surface area contributed by atoms with Crippen LogP contribution >= 0.6 is 11.3 Å². The van der Waals surface area contributed by atoms with Crippen LogP contribution in [0.4, 0.5) is 0 Å². The van der Waals surface area contributed by atoms with Crippen LogP contribution in [-0.2, 0) is 4.79 Å². The number of carbonyl (C=O) groups is 3. The van der Waals surface area contributed by atoms with E-state index in [1.807, 2.05) is 6.92 Å². The topological polar surface area (TPSA) is 105 Å². The van der Waals surface area contributed by atoms with Crippen LogP contribution < -0.4 is 10.6 Å². The average molecular weight is 390 g/mol. The molecule has 2 N–H and O–H groups in total. The van der Waals surface area contributed by atoms with Crippen molar-refractivity contribution in [3.05, 3.63) is 40.2 Å². The van der Waals surface area contributed by atoms with Gasteiger partial charge in [0.15, 0.2) is 5.76 Å². The maximum atomic E-state index is 12.6. The molecule has 1 unspecified atom stereocenters. The van der Waals surface area contributed by atoms with Gasteiger partial charge < -0.3 is 20.0 Å². The van der Waals surface area contributed by atoms with Gasteiger partial charge in [0.2, 0.25) is 5.91 Å². The Balaban J connectivity index is 1.46. The van der Waals surface area contributed by atoms with Gasteiger partial charge in [-0.2, -0.15) is 0 Å². The highest BCUT2D eigenvalue weighted by Crippen LogP contribution is 2.16. The minimum atomic E-state index is -0.645. The summed E-state index contributed by atoms with van der Waals surface area (Å²) >= 11 is 1.32. The van der Waals surface area contributed by atoms with Crippen molar-refractivity contribution in [1.82, 2.24) is 20.5 Å². The largest absolute Gasteiger partial charge is 0.459 e. The summed E-state index contributed by atoms with van der Waals surface area (Å²) in [6, 6.07) is 2.55. The van der Waals surface area contributed by atoms with Crippen molar-refractivity contribution in [3.63, 3.8) is 0 Å². The molecule has 3 heterocycles. The highest BCUT2D eigenvalue weighted by Gasteiger charge is 2.28. The van der Waals surface area contributed by atoms with E-state index in [0.717, 1.165) is 5.69 Å². The zero-order valence-corrected chi connectivity index (χ0v) is 16.0. The standard InChI is InChI=1S/C18H22N4O4S/c1-11-15(27-10-19-11)17(24)21-13-5-7-22(8-6-13)18(25)12(2)20-16(23)14-4-3-9-26-14/h3-4,9-10,12-13H,5-8H2,1-2H3,(H,20,23)(H,21,24). The van der Waals surface area contributed by atoms with E-state index in [9.17, 15) is 14.4 Å². The molecule has 1 aliphatic rings. The van der Waals surface area contributed by atoms with Gasteiger partial charge in [-0.05, 0) is 38.8 Å². The first kappa shape index (κ1) is 19.1. The summed E-state index contributed by atoms with van der Waals surface area (Å²) in [6.07, 6.45) is 2.76. The van der Waals surface area contributed by atoms with Crippen molar-refractivity contribution in [2.24, 2.45) is 0 Å². The Labute approximate surface area is 160 Å². The molecule has 1 aliphatic heterocycles. The van der Waals surface area contributed by atoms with Gasteiger partial charge in [0.1, 0.15) is 10.9 Å². The number of amides is 3. The van der Waals surface area contributed by atoms with Crippen LogP contribution in [0.25, 0.3) is 0 Å². The third kappa shape index (κ3) is 4.54. The molecule has 27 heavy (non-hydrogen) atoms. The average Bonchev–Trinajstić information content (AvgIpc) is 3.33. The monoisotopic (exact) mass is 390 g/mol. The Morgan fingerprint density at radius 1 is 1.30 bits per heavy atom. The van der Waals surface area contributed by atoms with Gasteiger partial charge in [-0.3, -0.25) is 14.4 Å². The number of carbonyl (C=O) groups excluding carboxylic acids is 3. The van der Waals surface area contributed by atoms with Crippen LogP contribution in [0, 0.1) is 6.92 Å². The second kappa shape index (κ2) is 8.34. The Hall–Kier alpha value is -2.68. The fourth-order valence-electron chi connectivity index (χ4n) is 3.03. The van der Waals surface area contributed by atoms with Gasteiger partial charge in [0.05, 0.1) is 17.5 Å². The molecule has 0 saturated carbocycles. The number of hydrogen-bond donors (Lipinski definition) is 2. The number of thiazole rings is 1. The molecule has 2 aromatic rings. The van der Waals surface area contributed by atoms with Crippen LogP contribution in [-0.4, -0.2) is 52.8 Å². The van der Waals surface area contributed by atoms with Crippen molar-refractivity contribution in [1.29, 1.82) is 0 Å². The van der Waals surface area contributed by atoms with E-state index in [1.165, 1.54) is 17.6 Å². The maximum Gasteiger partial charge on any atom is 0.287 e. The predicted molar refractivity (Wildman–Crippen MR) is 99.6 cm³/mol. The molecule has 3 rings (SSSR count). The summed E-state index contributed by atoms with van der Waals surface area (Å²) in [6.45, 7) is 4.54. The summed E-state index contributed by atoms with van der Waals surface area (Å²) in [7, 11) is 0. The van der Waals surface area contributed by atoms with Gasteiger partial charge in [-0.1, -0.05) is 0 Å². The number of furan rings is 1. The smallest absolute Gasteiger partial charge is 0.287 e. The van der Waals surface area contributed by atoms with Crippen LogP contribution in [0.1, 0.15) is 45.7 Å². The van der Waals surface area contributed by atoms with Crippen LogP contribution in [0.5, 0.6) is 0 Å². The molecule has 0 radical (unpaired) electrons. The van der Waals surface area contributed by atoms with E-state index in [-0.39, 0.29) is 23.6 Å². The number of hydrogen-bond acceptors (Lipinski definition) is 6. The van der Waals surface area contributed by atoms with Gasteiger partial charge >= 0.3 is 0 Å². The van der Waals surface area contributed by atoms with E-state index in [0.29, 0.717) is 30.8 Å². The molecule has 3 amide bonds. The molecule has 0 bridgehead atoms. The maximum absolute atomic E-state index is 12.6. The number of aryl methyl sites for hydroxylation is 1. The summed E-state index contributed by atoms with van der Waals surface area (Å²) in [5.41, 5.74) is 2.38. The van der Waals surface area contributed by atoms with E-state index in [2.05, 4.69) is 15.6 Å². The van der Waals surface area contributed by atoms with Gasteiger partial charge in [0, 0.05) is 19.1 Å². The second-order valence-corrected chi connectivity index (χ2v) is 7.37. The first-order chi connectivity index (χ1) is 13.0. The summed E-state index contributed by atoms with van der Waals surface area (Å²) in [4.78, 5) is 43.2. The van der Waals surface area contributed by atoms with Gasteiger partial charge in [-0.15, -0.1) is 11.3 Å². The molecular weight excluding hydrogens is 368 g/mol. The molecule has 0 aliphatic carbocycles. The molecule has 1 atom stereocenters. The van der Waals surface area contributed by atoms with Gasteiger partial charge in [0.25, 0.3) is 11.8 Å². The molecular formula is C18H22N4O4S. The van der Waals surface area contributed by atoms with Crippen LogP contribution in [0.15, 0.2) is 28.3 Å². The Kier molecular flexibility index (Phi) is 5.90.